The molecule has 0 N–H and O–H groups in total. The Morgan fingerprint density at radius 3 is 2.94 bits per heavy atom. The molecule has 0 bridgehead atoms. The van der Waals surface area contributed by atoms with Crippen LogP contribution < -0.4 is 0 Å². The molecule has 1 rings (SSSR count). The van der Waals surface area contributed by atoms with Gasteiger partial charge in [0, 0.05) is 18.3 Å². The second-order valence-electron chi connectivity index (χ2n) is 2.86. The number of nitrogens with zero attached hydrogens (tertiary/aromatic N) is 3. The van der Waals surface area contributed by atoms with Crippen molar-refractivity contribution in [3.8, 4) is 6.07 Å². The quantitative estimate of drug-likeness (QED) is 0.334. The molecule has 7 heteroatoms. The van der Waals surface area contributed by atoms with Crippen molar-refractivity contribution in [3.63, 3.8) is 0 Å². The van der Waals surface area contributed by atoms with E-state index in [4.69, 9.17) is 5.26 Å². The van der Waals surface area contributed by atoms with Gasteiger partial charge in [0.15, 0.2) is 0 Å². The van der Waals surface area contributed by atoms with Crippen LogP contribution in [0.3, 0.4) is 0 Å². The summed E-state index contributed by atoms with van der Waals surface area (Å²) in [6, 6.07) is 2.77. The lowest BCUT2D eigenvalue weighted by atomic mass is 10.2. The number of aromatic nitrogens is 1. The summed E-state index contributed by atoms with van der Waals surface area (Å²) < 4.78 is 4.36. The first-order valence-corrected chi connectivity index (χ1v) is 4.39. The molecule has 0 amide bonds. The fraction of sp³-hybridized carbons (Fsp3) is 0.100. The normalized spacial score (nSPS) is 9.88. The summed E-state index contributed by atoms with van der Waals surface area (Å²) in [7, 11) is 1.21. The fourth-order valence-electron chi connectivity index (χ4n) is 1.02. The largest absolute Gasteiger partial charge is 0.466 e. The van der Waals surface area contributed by atoms with E-state index < -0.39 is 16.6 Å². The van der Waals surface area contributed by atoms with Crippen LogP contribution in [0.15, 0.2) is 18.3 Å². The van der Waals surface area contributed by atoms with Crippen molar-refractivity contribution < 1.29 is 14.5 Å². The number of carbonyl (C=O) groups excluding carboxylic acids is 1. The Kier molecular flexibility index (Phi) is 3.89. The summed E-state index contributed by atoms with van der Waals surface area (Å²) in [5.41, 5.74) is -0.342. The molecular formula is C10H7N3O4. The Balaban J connectivity index is 3.10. The maximum Gasteiger partial charge on any atom is 0.330 e. The van der Waals surface area contributed by atoms with Gasteiger partial charge in [-0.15, -0.1) is 0 Å². The van der Waals surface area contributed by atoms with Crippen LogP contribution in [0, 0.1) is 21.4 Å². The minimum Gasteiger partial charge on any atom is -0.466 e. The lowest BCUT2D eigenvalue weighted by molar-refractivity contribution is -0.385. The number of nitro groups is 1. The molecule has 0 aliphatic carbocycles. The smallest absolute Gasteiger partial charge is 0.330 e. The summed E-state index contributed by atoms with van der Waals surface area (Å²) in [6.07, 6.45) is 3.67. The molecule has 86 valence electrons. The van der Waals surface area contributed by atoms with Gasteiger partial charge in [-0.05, 0) is 11.6 Å². The third-order valence-corrected chi connectivity index (χ3v) is 1.80. The second kappa shape index (κ2) is 5.37. The monoisotopic (exact) mass is 233 g/mol. The Labute approximate surface area is 96.1 Å². The Hall–Kier alpha value is -2.75. The minimum atomic E-state index is -0.707. The molecule has 1 aromatic rings. The van der Waals surface area contributed by atoms with Crippen molar-refractivity contribution in [1.29, 1.82) is 5.26 Å². The highest BCUT2D eigenvalue weighted by atomic mass is 16.6. The van der Waals surface area contributed by atoms with Gasteiger partial charge in [-0.2, -0.15) is 5.26 Å². The molecule has 0 saturated heterocycles. The van der Waals surface area contributed by atoms with Crippen LogP contribution in [-0.2, 0) is 9.53 Å². The molecule has 1 aromatic heterocycles. The lowest BCUT2D eigenvalue weighted by Crippen LogP contribution is -1.96. The fourth-order valence-corrected chi connectivity index (χ4v) is 1.02. The first kappa shape index (κ1) is 12.3. The molecule has 0 aliphatic rings. The zero-order valence-electron chi connectivity index (χ0n) is 8.78. The van der Waals surface area contributed by atoms with Gasteiger partial charge in [0.25, 0.3) is 0 Å². The summed E-state index contributed by atoms with van der Waals surface area (Å²) in [5.74, 6) is -0.586. The molecule has 7 nitrogen and oxygen atoms in total. The van der Waals surface area contributed by atoms with Gasteiger partial charge < -0.3 is 4.74 Å². The van der Waals surface area contributed by atoms with Gasteiger partial charge in [0.1, 0.15) is 6.07 Å². The van der Waals surface area contributed by atoms with E-state index in [1.165, 1.54) is 19.4 Å². The number of ether oxygens (including phenoxy) is 1. The third kappa shape index (κ3) is 3.10. The molecule has 0 atom stereocenters. The van der Waals surface area contributed by atoms with Crippen molar-refractivity contribution in [1.82, 2.24) is 4.98 Å². The van der Waals surface area contributed by atoms with Crippen LogP contribution in [0.1, 0.15) is 11.3 Å². The van der Waals surface area contributed by atoms with E-state index in [9.17, 15) is 14.9 Å². The Morgan fingerprint density at radius 2 is 2.41 bits per heavy atom. The summed E-state index contributed by atoms with van der Waals surface area (Å²) in [5, 5.41) is 19.2. The number of methoxy groups -OCH3 is 1. The number of hydrogen-bond donors (Lipinski definition) is 0. The lowest BCUT2D eigenvalue weighted by Gasteiger charge is -1.96. The maximum atomic E-state index is 10.8. The topological polar surface area (TPSA) is 106 Å². The first-order chi connectivity index (χ1) is 8.08. The highest BCUT2D eigenvalue weighted by molar-refractivity contribution is 5.87. The van der Waals surface area contributed by atoms with Crippen LogP contribution in [0.25, 0.3) is 6.08 Å². The number of pyridine rings is 1. The van der Waals surface area contributed by atoms with E-state index in [-0.39, 0.29) is 5.69 Å². The van der Waals surface area contributed by atoms with Crippen molar-refractivity contribution in [2.45, 2.75) is 0 Å². The standard InChI is InChI=1S/C10H7N3O4/c1-17-10(14)3-2-7-4-9(13(15)16)8(5-11)12-6-7/h2-4,6H,1H3. The van der Waals surface area contributed by atoms with Crippen molar-refractivity contribution >= 4 is 17.7 Å². The van der Waals surface area contributed by atoms with Crippen molar-refractivity contribution in [3.05, 3.63) is 39.7 Å². The molecular weight excluding hydrogens is 226 g/mol. The highest BCUT2D eigenvalue weighted by Gasteiger charge is 2.14. The van der Waals surface area contributed by atoms with Gasteiger partial charge in [0.05, 0.1) is 12.0 Å². The molecule has 0 fully saturated rings. The predicted octanol–water partition coefficient (Wildman–Crippen LogP) is 1.05. The number of nitriles is 1. The minimum absolute atomic E-state index is 0.273. The van der Waals surface area contributed by atoms with Crippen molar-refractivity contribution in [2.75, 3.05) is 7.11 Å². The highest BCUT2D eigenvalue weighted by Crippen LogP contribution is 2.17. The Bertz CT molecular complexity index is 531. The molecule has 0 aliphatic heterocycles. The Morgan fingerprint density at radius 1 is 1.71 bits per heavy atom. The zero-order valence-corrected chi connectivity index (χ0v) is 8.78. The SMILES string of the molecule is COC(=O)C=Cc1cnc(C#N)c([N+](=O)[O-])c1. The van der Waals surface area contributed by atoms with Gasteiger partial charge in [-0.25, -0.2) is 9.78 Å². The summed E-state index contributed by atoms with van der Waals surface area (Å²) in [6.45, 7) is 0. The molecule has 0 radical (unpaired) electrons. The van der Waals surface area contributed by atoms with Crippen LogP contribution in [-0.4, -0.2) is 23.0 Å². The van der Waals surface area contributed by atoms with E-state index in [2.05, 4.69) is 9.72 Å². The molecule has 0 saturated carbocycles. The number of carbonyl (C=O) groups is 1. The van der Waals surface area contributed by atoms with E-state index >= 15 is 0 Å². The third-order valence-electron chi connectivity index (χ3n) is 1.80. The van der Waals surface area contributed by atoms with Gasteiger partial charge in [-0.3, -0.25) is 10.1 Å². The average molecular weight is 233 g/mol. The van der Waals surface area contributed by atoms with Crippen LogP contribution >= 0.6 is 0 Å². The molecule has 1 heterocycles. The zero-order chi connectivity index (χ0) is 12.8. The summed E-state index contributed by atoms with van der Waals surface area (Å²) >= 11 is 0. The molecule has 0 unspecified atom stereocenters. The van der Waals surface area contributed by atoms with E-state index in [0.29, 0.717) is 5.56 Å². The number of hydrogen-bond acceptors (Lipinski definition) is 6. The van der Waals surface area contributed by atoms with E-state index in [1.807, 2.05) is 0 Å². The van der Waals surface area contributed by atoms with Crippen LogP contribution in [0.4, 0.5) is 5.69 Å². The molecule has 0 spiro atoms. The molecule has 0 aromatic carbocycles. The molecule has 17 heavy (non-hydrogen) atoms. The van der Waals surface area contributed by atoms with Crippen LogP contribution in [0.2, 0.25) is 0 Å². The number of esters is 1. The summed E-state index contributed by atoms with van der Waals surface area (Å²) in [4.78, 5) is 24.3. The van der Waals surface area contributed by atoms with E-state index in [1.54, 1.807) is 6.07 Å². The van der Waals surface area contributed by atoms with Crippen molar-refractivity contribution in [2.24, 2.45) is 0 Å². The van der Waals surface area contributed by atoms with Crippen LogP contribution in [0.5, 0.6) is 0 Å². The maximum absolute atomic E-state index is 10.8. The predicted molar refractivity (Wildman–Crippen MR) is 56.7 cm³/mol. The van der Waals surface area contributed by atoms with Gasteiger partial charge in [-0.1, -0.05) is 0 Å². The number of rotatable bonds is 3. The van der Waals surface area contributed by atoms with Gasteiger partial charge in [0.2, 0.25) is 5.69 Å². The second-order valence-corrected chi connectivity index (χ2v) is 2.86. The first-order valence-electron chi connectivity index (χ1n) is 4.39. The van der Waals surface area contributed by atoms with E-state index in [0.717, 1.165) is 12.1 Å². The van der Waals surface area contributed by atoms with Gasteiger partial charge >= 0.3 is 11.7 Å². The average Bonchev–Trinajstić information content (AvgIpc) is 2.35.